The molecule has 3 heterocycles. The molecule has 150 valence electrons. The van der Waals surface area contributed by atoms with Crippen LogP contribution in [0.5, 0.6) is 5.75 Å². The van der Waals surface area contributed by atoms with Crippen molar-refractivity contribution >= 4 is 29.7 Å². The standard InChI is InChI=1S/C19H18N4O5S/c1-22-8-12(20-21-22)7-14-17(25)23-16(15(9-24)29-18(14)23)19(26)28-10-11-3-5-13(27-2)6-4-11/h3-8,18,24H,9-10H2,1-2H3/b14-7-/t18-/m1/s1. The monoisotopic (exact) mass is 414 g/mol. The number of ether oxygens (including phenoxy) is 2. The Hall–Kier alpha value is -3.11. The molecule has 2 aliphatic rings. The van der Waals surface area contributed by atoms with Crippen LogP contribution in [0, 0.1) is 0 Å². The number of rotatable bonds is 6. The summed E-state index contributed by atoms with van der Waals surface area (Å²) in [5.74, 6) is -0.256. The van der Waals surface area contributed by atoms with E-state index in [0.29, 0.717) is 21.9 Å². The number of aromatic nitrogens is 3. The molecular weight excluding hydrogens is 396 g/mol. The molecule has 1 aromatic heterocycles. The van der Waals surface area contributed by atoms with Gasteiger partial charge in [0.05, 0.1) is 25.5 Å². The lowest BCUT2D eigenvalue weighted by Gasteiger charge is -2.37. The number of nitrogens with zero attached hydrogens (tertiary/aromatic N) is 4. The molecule has 4 rings (SSSR count). The van der Waals surface area contributed by atoms with Gasteiger partial charge in [0.1, 0.15) is 29.1 Å². The summed E-state index contributed by atoms with van der Waals surface area (Å²) in [7, 11) is 3.31. The Morgan fingerprint density at radius 1 is 1.34 bits per heavy atom. The van der Waals surface area contributed by atoms with Crippen LogP contribution in [0.2, 0.25) is 0 Å². The summed E-state index contributed by atoms with van der Waals surface area (Å²) in [6.45, 7) is -0.305. The van der Waals surface area contributed by atoms with Gasteiger partial charge in [-0.15, -0.1) is 5.10 Å². The molecule has 2 aliphatic heterocycles. The van der Waals surface area contributed by atoms with E-state index in [-0.39, 0.29) is 30.2 Å². The number of amides is 1. The van der Waals surface area contributed by atoms with Gasteiger partial charge in [-0.25, -0.2) is 4.79 Å². The molecule has 29 heavy (non-hydrogen) atoms. The van der Waals surface area contributed by atoms with Gasteiger partial charge in [0.25, 0.3) is 5.91 Å². The van der Waals surface area contributed by atoms with E-state index in [4.69, 9.17) is 9.47 Å². The SMILES string of the molecule is COc1ccc(COC(=O)C2=C(CO)S[C@@H]3/C(=C\c4cn(C)nn4)C(=O)N23)cc1. The third-order valence-electron chi connectivity index (χ3n) is 4.51. The predicted octanol–water partition coefficient (Wildman–Crippen LogP) is 1.07. The molecule has 0 aliphatic carbocycles. The second-order valence-electron chi connectivity index (χ2n) is 6.42. The zero-order chi connectivity index (χ0) is 20.5. The highest BCUT2D eigenvalue weighted by Gasteiger charge is 2.52. The highest BCUT2D eigenvalue weighted by molar-refractivity contribution is 8.04. The molecular formula is C19H18N4O5S. The lowest BCUT2D eigenvalue weighted by molar-refractivity contribution is -0.146. The molecule has 0 bridgehead atoms. The molecule has 1 saturated heterocycles. The van der Waals surface area contributed by atoms with E-state index in [9.17, 15) is 14.7 Å². The molecule has 1 aromatic carbocycles. The summed E-state index contributed by atoms with van der Waals surface area (Å²) >= 11 is 1.26. The molecule has 1 fully saturated rings. The van der Waals surface area contributed by atoms with Crippen LogP contribution in [0.15, 0.2) is 46.6 Å². The van der Waals surface area contributed by atoms with E-state index >= 15 is 0 Å². The van der Waals surface area contributed by atoms with Crippen LogP contribution in [0.1, 0.15) is 11.3 Å². The highest BCUT2D eigenvalue weighted by atomic mass is 32.2. The third-order valence-corrected chi connectivity index (χ3v) is 5.81. The molecule has 10 heteroatoms. The second-order valence-corrected chi connectivity index (χ2v) is 7.59. The summed E-state index contributed by atoms with van der Waals surface area (Å²) in [5, 5.41) is 17.1. The average Bonchev–Trinajstić information content (AvgIpc) is 3.31. The minimum Gasteiger partial charge on any atom is -0.497 e. The first-order chi connectivity index (χ1) is 14.0. The Labute approximate surface area is 170 Å². The molecule has 9 nitrogen and oxygen atoms in total. The number of aryl methyl sites for hydroxylation is 1. The van der Waals surface area contributed by atoms with Crippen LogP contribution < -0.4 is 4.74 Å². The first-order valence-electron chi connectivity index (χ1n) is 8.74. The Morgan fingerprint density at radius 2 is 2.10 bits per heavy atom. The maximum Gasteiger partial charge on any atom is 0.356 e. The summed E-state index contributed by atoms with van der Waals surface area (Å²) < 4.78 is 12.0. The zero-order valence-electron chi connectivity index (χ0n) is 15.7. The third kappa shape index (κ3) is 3.52. The van der Waals surface area contributed by atoms with E-state index < -0.39 is 5.97 Å². The molecule has 0 unspecified atom stereocenters. The lowest BCUT2D eigenvalue weighted by Crippen LogP contribution is -2.51. The highest BCUT2D eigenvalue weighted by Crippen LogP contribution is 2.49. The number of hydrogen-bond donors (Lipinski definition) is 1. The molecule has 1 N–H and O–H groups in total. The van der Waals surface area contributed by atoms with Crippen molar-refractivity contribution in [2.24, 2.45) is 7.05 Å². The van der Waals surface area contributed by atoms with E-state index in [1.807, 2.05) is 0 Å². The molecule has 1 amide bonds. The maximum absolute atomic E-state index is 12.6. The number of aliphatic hydroxyl groups is 1. The van der Waals surface area contributed by atoms with Gasteiger partial charge < -0.3 is 14.6 Å². The minimum atomic E-state index is -0.647. The maximum atomic E-state index is 12.6. The number of carbonyl (C=O) groups is 2. The predicted molar refractivity (Wildman–Crippen MR) is 104 cm³/mol. The topological polar surface area (TPSA) is 107 Å². The zero-order valence-corrected chi connectivity index (χ0v) is 16.5. The van der Waals surface area contributed by atoms with Crippen LogP contribution in [0.25, 0.3) is 6.08 Å². The number of benzene rings is 1. The second kappa shape index (κ2) is 7.72. The van der Waals surface area contributed by atoms with Gasteiger partial charge in [-0.05, 0) is 23.8 Å². The average molecular weight is 414 g/mol. The van der Waals surface area contributed by atoms with E-state index in [1.54, 1.807) is 50.7 Å². The van der Waals surface area contributed by atoms with E-state index in [2.05, 4.69) is 10.3 Å². The van der Waals surface area contributed by atoms with Crippen molar-refractivity contribution in [3.8, 4) is 5.75 Å². The van der Waals surface area contributed by atoms with Crippen molar-refractivity contribution in [1.29, 1.82) is 0 Å². The number of esters is 1. The summed E-state index contributed by atoms with van der Waals surface area (Å²) in [5.41, 5.74) is 1.93. The van der Waals surface area contributed by atoms with Crippen molar-refractivity contribution < 1.29 is 24.2 Å². The fourth-order valence-electron chi connectivity index (χ4n) is 3.07. The Balaban J connectivity index is 1.47. The summed E-state index contributed by atoms with van der Waals surface area (Å²) in [4.78, 5) is 27.0. The minimum absolute atomic E-state index is 0.0463. The summed E-state index contributed by atoms with van der Waals surface area (Å²) in [6.07, 6.45) is 3.33. The largest absolute Gasteiger partial charge is 0.497 e. The Morgan fingerprint density at radius 3 is 2.72 bits per heavy atom. The van der Waals surface area contributed by atoms with E-state index in [1.165, 1.54) is 21.3 Å². The van der Waals surface area contributed by atoms with E-state index in [0.717, 1.165) is 5.56 Å². The quantitative estimate of drug-likeness (QED) is 0.425. The smallest absolute Gasteiger partial charge is 0.356 e. The van der Waals surface area contributed by atoms with Gasteiger partial charge in [0, 0.05) is 12.0 Å². The van der Waals surface area contributed by atoms with Gasteiger partial charge in [-0.2, -0.15) is 0 Å². The Bertz CT molecular complexity index is 1030. The van der Waals surface area contributed by atoms with Gasteiger partial charge in [0.2, 0.25) is 0 Å². The molecule has 2 aromatic rings. The number of aliphatic hydroxyl groups excluding tert-OH is 1. The van der Waals surface area contributed by atoms with Crippen LogP contribution in [-0.4, -0.2) is 56.0 Å². The van der Waals surface area contributed by atoms with Gasteiger partial charge in [0.15, 0.2) is 0 Å². The normalized spacial score (nSPS) is 19.4. The number of fused-ring (bicyclic) bond motifs is 1. The number of thioether (sulfide) groups is 1. The number of hydrogen-bond acceptors (Lipinski definition) is 8. The van der Waals surface area contributed by atoms with Crippen LogP contribution >= 0.6 is 11.8 Å². The van der Waals surface area contributed by atoms with Crippen molar-refractivity contribution in [2.75, 3.05) is 13.7 Å². The van der Waals surface area contributed by atoms with Crippen molar-refractivity contribution in [3.05, 3.63) is 57.9 Å². The van der Waals surface area contributed by atoms with Gasteiger partial charge >= 0.3 is 5.97 Å². The molecule has 1 atom stereocenters. The van der Waals surface area contributed by atoms with Crippen molar-refractivity contribution in [2.45, 2.75) is 12.0 Å². The lowest BCUT2D eigenvalue weighted by atomic mass is 10.0. The van der Waals surface area contributed by atoms with Crippen molar-refractivity contribution in [3.63, 3.8) is 0 Å². The number of methoxy groups -OCH3 is 1. The first-order valence-corrected chi connectivity index (χ1v) is 9.62. The van der Waals surface area contributed by atoms with Crippen LogP contribution in [0.4, 0.5) is 0 Å². The van der Waals surface area contributed by atoms with Crippen LogP contribution in [-0.2, 0) is 28.0 Å². The molecule has 0 spiro atoms. The van der Waals surface area contributed by atoms with Crippen LogP contribution in [0.3, 0.4) is 0 Å². The van der Waals surface area contributed by atoms with Gasteiger partial charge in [-0.3, -0.25) is 14.4 Å². The van der Waals surface area contributed by atoms with Gasteiger partial charge in [-0.1, -0.05) is 29.1 Å². The fraction of sp³-hybridized carbons (Fsp3) is 0.263. The number of β-lactam (4-membered cyclic amide) rings is 1. The summed E-state index contributed by atoms with van der Waals surface area (Å²) in [6, 6.07) is 7.11. The molecule has 0 radical (unpaired) electrons. The Kier molecular flexibility index (Phi) is 5.12. The first kappa shape index (κ1) is 19.2. The number of carbonyl (C=O) groups excluding carboxylic acids is 2. The molecule has 0 saturated carbocycles. The van der Waals surface area contributed by atoms with Crippen molar-refractivity contribution in [1.82, 2.24) is 19.9 Å². The fourth-order valence-corrected chi connectivity index (χ4v) is 4.31.